The van der Waals surface area contributed by atoms with Gasteiger partial charge in [0.05, 0.1) is 12.0 Å². The number of nitrogens with zero attached hydrogens (tertiary/aromatic N) is 2. The number of imide groups is 1. The minimum absolute atomic E-state index is 0.0312. The van der Waals surface area contributed by atoms with Crippen molar-refractivity contribution >= 4 is 17.7 Å². The molecule has 0 spiro atoms. The van der Waals surface area contributed by atoms with Crippen LogP contribution in [0.1, 0.15) is 35.1 Å². The third-order valence-corrected chi connectivity index (χ3v) is 7.45. The number of hydrogen-bond donors (Lipinski definition) is 0. The van der Waals surface area contributed by atoms with Gasteiger partial charge in [-0.25, -0.2) is 0 Å². The molecule has 7 nitrogen and oxygen atoms in total. The number of likely N-dealkylation sites (tertiary alicyclic amines) is 1. The van der Waals surface area contributed by atoms with Crippen LogP contribution in [0.3, 0.4) is 0 Å². The van der Waals surface area contributed by atoms with E-state index in [2.05, 4.69) is 6.07 Å². The molecular weight excluding hydrogens is 456 g/mol. The van der Waals surface area contributed by atoms with Gasteiger partial charge in [-0.05, 0) is 40.8 Å². The fourth-order valence-corrected chi connectivity index (χ4v) is 5.48. The van der Waals surface area contributed by atoms with E-state index in [1.807, 2.05) is 59.5 Å². The normalized spacial score (nSPS) is 20.6. The molecular formula is C29H26N2O5. The van der Waals surface area contributed by atoms with Gasteiger partial charge in [-0.2, -0.15) is 0 Å². The molecule has 1 fully saturated rings. The number of benzene rings is 3. The maximum Gasteiger partial charge on any atom is 0.241 e. The van der Waals surface area contributed by atoms with Crippen molar-refractivity contribution in [2.75, 3.05) is 13.3 Å². The second-order valence-corrected chi connectivity index (χ2v) is 9.61. The van der Waals surface area contributed by atoms with E-state index in [0.29, 0.717) is 30.2 Å². The van der Waals surface area contributed by atoms with E-state index in [-0.39, 0.29) is 43.9 Å². The Morgan fingerprint density at radius 1 is 0.889 bits per heavy atom. The van der Waals surface area contributed by atoms with Crippen LogP contribution in [0.2, 0.25) is 0 Å². The lowest BCUT2D eigenvalue weighted by Crippen LogP contribution is -2.44. The molecule has 0 N–H and O–H groups in total. The Bertz CT molecular complexity index is 1350. The van der Waals surface area contributed by atoms with E-state index in [1.165, 1.54) is 10.5 Å². The Morgan fingerprint density at radius 2 is 1.64 bits per heavy atom. The molecule has 0 bridgehead atoms. The largest absolute Gasteiger partial charge is 0.454 e. The van der Waals surface area contributed by atoms with Gasteiger partial charge in [-0.3, -0.25) is 19.3 Å². The highest BCUT2D eigenvalue weighted by atomic mass is 16.7. The second-order valence-electron chi connectivity index (χ2n) is 9.61. The van der Waals surface area contributed by atoms with Gasteiger partial charge in [-0.15, -0.1) is 0 Å². The van der Waals surface area contributed by atoms with E-state index < -0.39 is 5.41 Å². The lowest BCUT2D eigenvalue weighted by Gasteiger charge is -2.33. The van der Waals surface area contributed by atoms with Crippen LogP contribution in [0, 0.1) is 0 Å². The fraction of sp³-hybridized carbons (Fsp3) is 0.276. The Kier molecular flexibility index (Phi) is 5.48. The molecule has 3 aliphatic heterocycles. The van der Waals surface area contributed by atoms with Crippen molar-refractivity contribution in [1.29, 1.82) is 0 Å². The maximum absolute atomic E-state index is 14.0. The van der Waals surface area contributed by atoms with Gasteiger partial charge in [0.2, 0.25) is 24.5 Å². The summed E-state index contributed by atoms with van der Waals surface area (Å²) >= 11 is 0. The lowest BCUT2D eigenvalue weighted by atomic mass is 9.75. The first-order valence-corrected chi connectivity index (χ1v) is 12.2. The van der Waals surface area contributed by atoms with Crippen molar-refractivity contribution < 1.29 is 23.9 Å². The first kappa shape index (κ1) is 22.3. The Morgan fingerprint density at radius 3 is 2.47 bits per heavy atom. The molecule has 0 radical (unpaired) electrons. The third-order valence-electron chi connectivity index (χ3n) is 7.45. The zero-order chi connectivity index (χ0) is 24.7. The smallest absolute Gasteiger partial charge is 0.241 e. The monoisotopic (exact) mass is 482 g/mol. The number of ether oxygens (including phenoxy) is 2. The van der Waals surface area contributed by atoms with Gasteiger partial charge in [0, 0.05) is 25.9 Å². The zero-order valence-electron chi connectivity index (χ0n) is 19.8. The van der Waals surface area contributed by atoms with Crippen molar-refractivity contribution in [2.24, 2.45) is 0 Å². The summed E-state index contributed by atoms with van der Waals surface area (Å²) in [5.41, 5.74) is 2.62. The summed E-state index contributed by atoms with van der Waals surface area (Å²) in [6.45, 7) is 1.39. The third kappa shape index (κ3) is 3.81. The SMILES string of the molecule is O=C(C[C@]1(c2ccccc2)CC(=O)N(Cc2ccc3c(c2)OCO3)C1=O)N1CCc2ccccc2C1. The number of carbonyl (C=O) groups is 3. The molecule has 0 aliphatic carbocycles. The molecule has 3 amide bonds. The molecule has 36 heavy (non-hydrogen) atoms. The number of rotatable bonds is 5. The topological polar surface area (TPSA) is 76.1 Å². The van der Waals surface area contributed by atoms with Gasteiger partial charge in [0.15, 0.2) is 11.5 Å². The van der Waals surface area contributed by atoms with Gasteiger partial charge in [0.25, 0.3) is 0 Å². The van der Waals surface area contributed by atoms with Crippen molar-refractivity contribution in [1.82, 2.24) is 9.80 Å². The number of carbonyl (C=O) groups excluding carboxylic acids is 3. The number of amides is 3. The quantitative estimate of drug-likeness (QED) is 0.520. The minimum atomic E-state index is -1.22. The summed E-state index contributed by atoms with van der Waals surface area (Å²) in [6.07, 6.45) is 0.710. The first-order valence-electron chi connectivity index (χ1n) is 12.2. The van der Waals surface area contributed by atoms with Gasteiger partial charge in [-0.1, -0.05) is 60.7 Å². The maximum atomic E-state index is 14.0. The first-order chi connectivity index (χ1) is 17.5. The molecule has 3 heterocycles. The summed E-state index contributed by atoms with van der Waals surface area (Å²) in [5.74, 6) is 0.520. The van der Waals surface area contributed by atoms with Crippen molar-refractivity contribution in [2.45, 2.75) is 37.8 Å². The summed E-state index contributed by atoms with van der Waals surface area (Å²) in [6, 6.07) is 22.8. The van der Waals surface area contributed by atoms with Crippen LogP contribution >= 0.6 is 0 Å². The summed E-state index contributed by atoms with van der Waals surface area (Å²) in [4.78, 5) is 43.9. The Balaban J connectivity index is 1.28. The van der Waals surface area contributed by atoms with E-state index in [0.717, 1.165) is 17.5 Å². The van der Waals surface area contributed by atoms with Crippen molar-refractivity contribution in [3.05, 3.63) is 95.1 Å². The molecule has 6 rings (SSSR count). The van der Waals surface area contributed by atoms with Crippen molar-refractivity contribution in [3.63, 3.8) is 0 Å². The van der Waals surface area contributed by atoms with Crippen LogP contribution in [-0.4, -0.2) is 40.9 Å². The molecule has 0 unspecified atom stereocenters. The second kappa shape index (κ2) is 8.82. The molecule has 1 atom stereocenters. The highest BCUT2D eigenvalue weighted by Gasteiger charge is 2.54. The Hall–Kier alpha value is -4.13. The molecule has 182 valence electrons. The summed E-state index contributed by atoms with van der Waals surface area (Å²) in [7, 11) is 0. The summed E-state index contributed by atoms with van der Waals surface area (Å²) < 4.78 is 10.8. The average Bonchev–Trinajstić information content (AvgIpc) is 3.47. The molecule has 3 aliphatic rings. The fourth-order valence-electron chi connectivity index (χ4n) is 5.48. The van der Waals surface area contributed by atoms with Crippen LogP contribution in [0.15, 0.2) is 72.8 Å². The van der Waals surface area contributed by atoms with Crippen LogP contribution < -0.4 is 9.47 Å². The van der Waals surface area contributed by atoms with Gasteiger partial charge >= 0.3 is 0 Å². The zero-order valence-corrected chi connectivity index (χ0v) is 19.8. The van der Waals surface area contributed by atoms with E-state index in [9.17, 15) is 14.4 Å². The van der Waals surface area contributed by atoms with E-state index >= 15 is 0 Å². The summed E-state index contributed by atoms with van der Waals surface area (Å²) in [5, 5.41) is 0. The van der Waals surface area contributed by atoms with E-state index in [1.54, 1.807) is 12.1 Å². The minimum Gasteiger partial charge on any atom is -0.454 e. The Labute approximate surface area is 209 Å². The van der Waals surface area contributed by atoms with Crippen LogP contribution in [0.4, 0.5) is 0 Å². The highest BCUT2D eigenvalue weighted by Crippen LogP contribution is 2.42. The van der Waals surface area contributed by atoms with Crippen LogP contribution in [-0.2, 0) is 39.3 Å². The molecule has 3 aromatic rings. The van der Waals surface area contributed by atoms with E-state index in [4.69, 9.17) is 9.47 Å². The van der Waals surface area contributed by atoms with Crippen molar-refractivity contribution in [3.8, 4) is 11.5 Å². The molecule has 0 aromatic heterocycles. The molecule has 7 heteroatoms. The van der Waals surface area contributed by atoms with Gasteiger partial charge in [0.1, 0.15) is 0 Å². The predicted molar refractivity (Wildman–Crippen MR) is 131 cm³/mol. The number of hydrogen-bond acceptors (Lipinski definition) is 5. The molecule has 0 saturated carbocycles. The van der Waals surface area contributed by atoms with Gasteiger partial charge < -0.3 is 14.4 Å². The van der Waals surface area contributed by atoms with Crippen LogP contribution in [0.25, 0.3) is 0 Å². The lowest BCUT2D eigenvalue weighted by molar-refractivity contribution is -0.143. The standard InChI is InChI=1S/C29H26N2O5/c32-26(30-13-12-21-6-4-5-7-22(21)18-30)15-29(23-8-2-1-3-9-23)16-27(33)31(28(29)34)17-20-10-11-24-25(14-20)36-19-35-24/h1-11,14H,12-13,15-19H2/t29-/m1/s1. The molecule has 3 aromatic carbocycles. The predicted octanol–water partition coefficient (Wildman–Crippen LogP) is 3.59. The average molecular weight is 483 g/mol. The van der Waals surface area contributed by atoms with Crippen LogP contribution in [0.5, 0.6) is 11.5 Å². The highest BCUT2D eigenvalue weighted by molar-refractivity contribution is 6.10. The molecule has 1 saturated heterocycles. The number of fused-ring (bicyclic) bond motifs is 2.